The molecule has 2 aromatic carbocycles. The second-order valence-corrected chi connectivity index (χ2v) is 8.04. The van der Waals surface area contributed by atoms with Crippen molar-refractivity contribution in [1.29, 1.82) is 0 Å². The van der Waals surface area contributed by atoms with Gasteiger partial charge in [0.1, 0.15) is 5.75 Å². The van der Waals surface area contributed by atoms with E-state index in [-0.39, 0.29) is 17.1 Å². The van der Waals surface area contributed by atoms with Gasteiger partial charge in [0, 0.05) is 23.2 Å². The predicted molar refractivity (Wildman–Crippen MR) is 108 cm³/mol. The summed E-state index contributed by atoms with van der Waals surface area (Å²) in [4.78, 5) is 18.5. The molecule has 0 saturated carbocycles. The average Bonchev–Trinajstić information content (AvgIpc) is 2.76. The molecule has 2 atom stereocenters. The van der Waals surface area contributed by atoms with Crippen LogP contribution in [0.5, 0.6) is 5.75 Å². The topological polar surface area (TPSA) is 32.8 Å². The van der Waals surface area contributed by atoms with E-state index >= 15 is 0 Å². The fourth-order valence-electron chi connectivity index (χ4n) is 3.19. The van der Waals surface area contributed by atoms with Gasteiger partial charge in [0.25, 0.3) is 0 Å². The number of hydrogen-bond acceptors (Lipinski definition) is 4. The summed E-state index contributed by atoms with van der Waals surface area (Å²) in [6.07, 6.45) is 0. The summed E-state index contributed by atoms with van der Waals surface area (Å²) in [5.41, 5.74) is 2.17. The van der Waals surface area contributed by atoms with Gasteiger partial charge in [-0.15, -0.1) is 11.8 Å². The van der Waals surface area contributed by atoms with Crippen molar-refractivity contribution in [1.82, 2.24) is 4.90 Å². The quantitative estimate of drug-likeness (QED) is 0.794. The number of benzene rings is 2. The summed E-state index contributed by atoms with van der Waals surface area (Å²) in [5, 5.41) is 0.0823. The molecule has 1 aliphatic heterocycles. The Bertz CT molecular complexity index is 761. The first-order valence-electron chi connectivity index (χ1n) is 8.87. The highest BCUT2D eigenvalue weighted by Gasteiger charge is 2.35. The van der Waals surface area contributed by atoms with Crippen LogP contribution in [0.25, 0.3) is 0 Å². The number of anilines is 1. The van der Waals surface area contributed by atoms with Crippen LogP contribution in [-0.2, 0) is 4.79 Å². The van der Waals surface area contributed by atoms with Gasteiger partial charge in [-0.05, 0) is 43.9 Å². The van der Waals surface area contributed by atoms with Crippen LogP contribution in [0.4, 0.5) is 5.69 Å². The van der Waals surface area contributed by atoms with E-state index in [0.717, 1.165) is 28.4 Å². The lowest BCUT2D eigenvalue weighted by Crippen LogP contribution is -2.40. The molecule has 0 spiro atoms. The van der Waals surface area contributed by atoms with E-state index in [1.54, 1.807) is 18.9 Å². The van der Waals surface area contributed by atoms with Gasteiger partial charge in [0.05, 0.1) is 18.7 Å². The zero-order valence-electron chi connectivity index (χ0n) is 15.8. The van der Waals surface area contributed by atoms with E-state index in [1.165, 1.54) is 0 Å². The van der Waals surface area contributed by atoms with Crippen LogP contribution in [0.3, 0.4) is 0 Å². The Hall–Kier alpha value is -1.98. The molecular weight excluding hydrogens is 344 g/mol. The molecule has 0 aliphatic carbocycles. The van der Waals surface area contributed by atoms with Crippen LogP contribution < -0.4 is 9.64 Å². The van der Waals surface area contributed by atoms with Crippen molar-refractivity contribution in [2.45, 2.75) is 17.1 Å². The number of ether oxygens (including phenoxy) is 1. The van der Waals surface area contributed by atoms with Crippen molar-refractivity contribution in [3.63, 3.8) is 0 Å². The van der Waals surface area contributed by atoms with Gasteiger partial charge in [-0.2, -0.15) is 0 Å². The summed E-state index contributed by atoms with van der Waals surface area (Å²) in [7, 11) is 5.74. The lowest BCUT2D eigenvalue weighted by molar-refractivity contribution is -0.121. The van der Waals surface area contributed by atoms with E-state index in [4.69, 9.17) is 4.74 Å². The first-order valence-corrected chi connectivity index (χ1v) is 9.75. The minimum atomic E-state index is -0.108. The molecule has 4 nitrogen and oxygen atoms in total. The van der Waals surface area contributed by atoms with Crippen molar-refractivity contribution < 1.29 is 9.53 Å². The number of likely N-dealkylation sites (N-methyl/N-ethyl adjacent to an activating group) is 1. The molecule has 0 N–H and O–H groups in total. The van der Waals surface area contributed by atoms with Crippen molar-refractivity contribution in [2.24, 2.45) is 5.92 Å². The lowest BCUT2D eigenvalue weighted by atomic mass is 9.98. The molecule has 1 aliphatic rings. The Morgan fingerprint density at radius 1 is 1.12 bits per heavy atom. The predicted octanol–water partition coefficient (Wildman–Crippen LogP) is 4.07. The molecule has 0 unspecified atom stereocenters. The second kappa shape index (κ2) is 8.14. The number of carbonyl (C=O) groups excluding carboxylic acids is 1. The van der Waals surface area contributed by atoms with Crippen molar-refractivity contribution in [3.8, 4) is 5.75 Å². The smallest absolute Gasteiger partial charge is 0.231 e. The number of amides is 1. The van der Waals surface area contributed by atoms with E-state index in [9.17, 15) is 4.79 Å². The highest BCUT2D eigenvalue weighted by Crippen LogP contribution is 2.48. The number of thioether (sulfide) groups is 1. The molecule has 0 aromatic heterocycles. The zero-order chi connectivity index (χ0) is 18.7. The average molecular weight is 371 g/mol. The lowest BCUT2D eigenvalue weighted by Gasteiger charge is -2.27. The molecule has 0 bridgehead atoms. The highest BCUT2D eigenvalue weighted by atomic mass is 32.2. The first kappa shape index (κ1) is 18.8. The maximum absolute atomic E-state index is 13.3. The summed E-state index contributed by atoms with van der Waals surface area (Å²) in [5.74, 6) is 0.910. The van der Waals surface area contributed by atoms with Crippen LogP contribution in [0.1, 0.15) is 17.7 Å². The third-order valence-electron chi connectivity index (χ3n) is 4.73. The van der Waals surface area contributed by atoms with Crippen LogP contribution >= 0.6 is 11.8 Å². The van der Waals surface area contributed by atoms with Gasteiger partial charge in [-0.3, -0.25) is 4.79 Å². The zero-order valence-corrected chi connectivity index (χ0v) is 16.6. The summed E-state index contributed by atoms with van der Waals surface area (Å²) in [6, 6.07) is 16.3. The van der Waals surface area contributed by atoms with Gasteiger partial charge in [0.2, 0.25) is 5.91 Å². The SMILES string of the molecule is COc1ccc([C@H]2Sc3ccccc3N(CCN(C)C)C(=O)[C@@H]2C)cc1. The van der Waals surface area contributed by atoms with Gasteiger partial charge in [-0.1, -0.05) is 31.2 Å². The monoisotopic (exact) mass is 370 g/mol. The van der Waals surface area contributed by atoms with Crippen molar-refractivity contribution in [2.75, 3.05) is 39.2 Å². The molecule has 138 valence electrons. The standard InChI is InChI=1S/C21H26N2O2S/c1-15-20(16-9-11-17(25-4)12-10-16)26-19-8-6-5-7-18(19)23(21(15)24)14-13-22(2)3/h5-12,15,20H,13-14H2,1-4H3/t15-,20+/m1/s1. The molecule has 1 heterocycles. The maximum Gasteiger partial charge on any atom is 0.231 e. The van der Waals surface area contributed by atoms with Crippen molar-refractivity contribution >= 4 is 23.4 Å². The van der Waals surface area contributed by atoms with E-state index in [2.05, 4.69) is 29.2 Å². The fraction of sp³-hybridized carbons (Fsp3) is 0.381. The maximum atomic E-state index is 13.3. The number of para-hydroxylation sites is 1. The molecule has 5 heteroatoms. The number of rotatable bonds is 5. The van der Waals surface area contributed by atoms with Crippen LogP contribution in [0.2, 0.25) is 0 Å². The Balaban J connectivity index is 1.97. The highest BCUT2D eigenvalue weighted by molar-refractivity contribution is 7.99. The Kier molecular flexibility index (Phi) is 5.89. The molecule has 3 rings (SSSR count). The summed E-state index contributed by atoms with van der Waals surface area (Å²) < 4.78 is 5.27. The normalized spacial score (nSPS) is 20.0. The molecule has 26 heavy (non-hydrogen) atoms. The van der Waals surface area contributed by atoms with Gasteiger partial charge < -0.3 is 14.5 Å². The van der Waals surface area contributed by atoms with E-state index in [1.807, 2.05) is 50.2 Å². The molecular formula is C21H26N2O2S. The van der Waals surface area contributed by atoms with Crippen molar-refractivity contribution in [3.05, 3.63) is 54.1 Å². The van der Waals surface area contributed by atoms with E-state index in [0.29, 0.717) is 6.54 Å². The number of nitrogens with zero attached hydrogens (tertiary/aromatic N) is 2. The number of methoxy groups -OCH3 is 1. The molecule has 2 aromatic rings. The fourth-order valence-corrected chi connectivity index (χ4v) is 4.54. The number of hydrogen-bond donors (Lipinski definition) is 0. The third-order valence-corrected chi connectivity index (χ3v) is 6.27. The third kappa shape index (κ3) is 3.89. The molecule has 1 amide bonds. The van der Waals surface area contributed by atoms with E-state index < -0.39 is 0 Å². The Morgan fingerprint density at radius 2 is 1.81 bits per heavy atom. The largest absolute Gasteiger partial charge is 0.497 e. The minimum Gasteiger partial charge on any atom is -0.497 e. The van der Waals surface area contributed by atoms with Crippen LogP contribution in [-0.4, -0.2) is 45.1 Å². The van der Waals surface area contributed by atoms with Crippen LogP contribution in [0.15, 0.2) is 53.4 Å². The van der Waals surface area contributed by atoms with Gasteiger partial charge in [0.15, 0.2) is 0 Å². The molecule has 0 radical (unpaired) electrons. The number of carbonyl (C=O) groups is 1. The first-order chi connectivity index (χ1) is 12.5. The Morgan fingerprint density at radius 3 is 2.46 bits per heavy atom. The van der Waals surface area contributed by atoms with Gasteiger partial charge >= 0.3 is 0 Å². The minimum absolute atomic E-state index is 0.0823. The Labute approximate surface area is 160 Å². The van der Waals surface area contributed by atoms with Crippen LogP contribution in [0, 0.1) is 5.92 Å². The second-order valence-electron chi connectivity index (χ2n) is 6.86. The summed E-state index contributed by atoms with van der Waals surface area (Å²) >= 11 is 1.78. The van der Waals surface area contributed by atoms with Gasteiger partial charge in [-0.25, -0.2) is 0 Å². The number of fused-ring (bicyclic) bond motifs is 1. The molecule has 0 saturated heterocycles. The summed E-state index contributed by atoms with van der Waals surface area (Å²) in [6.45, 7) is 3.58. The molecule has 0 fully saturated rings.